The van der Waals surface area contributed by atoms with E-state index in [1.807, 2.05) is 0 Å². The van der Waals surface area contributed by atoms with Crippen LogP contribution >= 0.6 is 11.6 Å². The Balaban J connectivity index is 1.65. The molecule has 2 aromatic rings. The van der Waals surface area contributed by atoms with Gasteiger partial charge in [-0.15, -0.1) is 0 Å². The first-order chi connectivity index (χ1) is 16.9. The average Bonchev–Trinajstić information content (AvgIpc) is 3.17. The molecule has 3 heterocycles. The Hall–Kier alpha value is -3.41. The van der Waals surface area contributed by atoms with E-state index in [9.17, 15) is 14.7 Å². The lowest BCUT2D eigenvalue weighted by Crippen LogP contribution is -2.49. The maximum absolute atomic E-state index is 12.9. The molecule has 0 saturated heterocycles. The summed E-state index contributed by atoms with van der Waals surface area (Å²) in [5.41, 5.74) is 1.62. The van der Waals surface area contributed by atoms with Crippen molar-refractivity contribution in [3.05, 3.63) is 41.3 Å². The molecule has 35 heavy (non-hydrogen) atoms. The number of hydrogen-bond acceptors (Lipinski definition) is 9. The number of aromatic nitrogens is 2. The molecule has 0 saturated carbocycles. The predicted octanol–water partition coefficient (Wildman–Crippen LogP) is 1.48. The number of nitrogens with zero attached hydrogens (tertiary/aromatic N) is 4. The number of aliphatic hydroxyl groups excluding tert-OH is 1. The summed E-state index contributed by atoms with van der Waals surface area (Å²) >= 11 is 6.30. The van der Waals surface area contributed by atoms with Crippen LogP contribution in [0.4, 0.5) is 17.3 Å². The number of likely N-dealkylation sites (N-methyl/N-ethyl adjacent to an activating group) is 2. The van der Waals surface area contributed by atoms with E-state index in [0.29, 0.717) is 65.3 Å². The van der Waals surface area contributed by atoms with Gasteiger partial charge in [0.2, 0.25) is 5.91 Å². The molecule has 12 heteroatoms. The molecule has 1 aromatic heterocycles. The lowest BCUT2D eigenvalue weighted by Gasteiger charge is -2.29. The van der Waals surface area contributed by atoms with Crippen LogP contribution in [0.1, 0.15) is 12.0 Å². The van der Waals surface area contributed by atoms with Crippen LogP contribution < -0.4 is 20.7 Å². The Morgan fingerprint density at radius 3 is 2.80 bits per heavy atom. The Bertz CT molecular complexity index is 1140. The minimum Gasteiger partial charge on any atom is -0.491 e. The van der Waals surface area contributed by atoms with Crippen LogP contribution in [-0.2, 0) is 9.59 Å². The van der Waals surface area contributed by atoms with Crippen molar-refractivity contribution in [2.45, 2.75) is 12.5 Å². The second-order valence-corrected chi connectivity index (χ2v) is 8.72. The summed E-state index contributed by atoms with van der Waals surface area (Å²) < 4.78 is 5.86. The van der Waals surface area contributed by atoms with Crippen molar-refractivity contribution in [1.82, 2.24) is 19.8 Å². The number of fused-ring (bicyclic) bond motifs is 2. The molecular formula is C23H28ClN7O4. The minimum absolute atomic E-state index is 0.180. The molecule has 0 radical (unpaired) electrons. The van der Waals surface area contributed by atoms with Gasteiger partial charge in [0.05, 0.1) is 22.8 Å². The van der Waals surface area contributed by atoms with Crippen LogP contribution in [0, 0.1) is 0 Å². The largest absolute Gasteiger partial charge is 0.491 e. The number of ether oxygens (including phenoxy) is 1. The van der Waals surface area contributed by atoms with Crippen LogP contribution in [0.3, 0.4) is 0 Å². The number of benzene rings is 1. The maximum atomic E-state index is 12.9. The monoisotopic (exact) mass is 501 g/mol. The number of nitrogens with one attached hydrogen (secondary N) is 3. The van der Waals surface area contributed by atoms with Gasteiger partial charge in [0, 0.05) is 44.6 Å². The van der Waals surface area contributed by atoms with Crippen LogP contribution in [0.15, 0.2) is 30.7 Å². The predicted molar refractivity (Wildman–Crippen MR) is 133 cm³/mol. The standard InChI is InChI=1S/C23H28ClN7O4/c1-30-8-9-35-18-10-14(4-5-16(18)24)26-11-15-19-20(27-13-28-21(19)29-22(15)33)25-6-3-7-31(2)23(34)17(30)12-32/h4-5,10-11,13,17,26,32H,3,6-9,12H2,1-2H3,(H2,25,27,28,29,33)/b15-11-/t17-/m1/s1. The molecule has 1 aromatic carbocycles. The normalized spacial score (nSPS) is 21.2. The molecule has 2 amide bonds. The number of carbonyl (C=O) groups excluding carboxylic acids is 2. The fraction of sp³-hybridized carbons (Fsp3) is 0.391. The highest BCUT2D eigenvalue weighted by atomic mass is 35.5. The summed E-state index contributed by atoms with van der Waals surface area (Å²) in [6.07, 6.45) is 3.62. The fourth-order valence-electron chi connectivity index (χ4n) is 3.90. The van der Waals surface area contributed by atoms with Crippen LogP contribution in [0.25, 0.3) is 5.57 Å². The lowest BCUT2D eigenvalue weighted by molar-refractivity contribution is -0.136. The highest BCUT2D eigenvalue weighted by Crippen LogP contribution is 2.35. The van der Waals surface area contributed by atoms with Crippen molar-refractivity contribution < 1.29 is 19.4 Å². The molecule has 2 bridgehead atoms. The number of carbonyl (C=O) groups is 2. The first-order valence-corrected chi connectivity index (χ1v) is 11.6. The summed E-state index contributed by atoms with van der Waals surface area (Å²) in [5, 5.41) is 19.4. The van der Waals surface area contributed by atoms with Crippen molar-refractivity contribution in [3.8, 4) is 5.75 Å². The lowest BCUT2D eigenvalue weighted by atomic mass is 10.1. The molecule has 4 N–H and O–H groups in total. The number of halogens is 1. The quantitative estimate of drug-likeness (QED) is 0.458. The van der Waals surface area contributed by atoms with Gasteiger partial charge in [-0.2, -0.15) is 0 Å². The van der Waals surface area contributed by atoms with Crippen molar-refractivity contribution in [1.29, 1.82) is 0 Å². The Morgan fingerprint density at radius 1 is 1.20 bits per heavy atom. The molecule has 0 aliphatic carbocycles. The Morgan fingerprint density at radius 2 is 2.00 bits per heavy atom. The Labute approximate surface area is 208 Å². The van der Waals surface area contributed by atoms with Gasteiger partial charge in [-0.25, -0.2) is 9.97 Å². The van der Waals surface area contributed by atoms with Crippen LogP contribution in [-0.4, -0.2) is 89.7 Å². The van der Waals surface area contributed by atoms with Crippen molar-refractivity contribution >= 4 is 46.3 Å². The molecule has 11 nitrogen and oxygen atoms in total. The molecule has 0 spiro atoms. The summed E-state index contributed by atoms with van der Waals surface area (Å²) in [7, 11) is 3.48. The topological polar surface area (TPSA) is 132 Å². The Kier molecular flexibility index (Phi) is 7.69. The smallest absolute Gasteiger partial charge is 0.259 e. The van der Waals surface area contributed by atoms with E-state index in [1.165, 1.54) is 6.33 Å². The fourth-order valence-corrected chi connectivity index (χ4v) is 4.08. The van der Waals surface area contributed by atoms with E-state index < -0.39 is 6.04 Å². The second-order valence-electron chi connectivity index (χ2n) is 8.32. The third-order valence-corrected chi connectivity index (χ3v) is 6.25. The van der Waals surface area contributed by atoms with Gasteiger partial charge in [0.1, 0.15) is 36.4 Å². The zero-order chi connectivity index (χ0) is 24.9. The SMILES string of the molecule is CN1CCCNc2ncnc3c2/C(=C/Nc2ccc(Cl)c(c2)OCCN(C)[C@H](CO)C1=O)C(=O)N3. The van der Waals surface area contributed by atoms with E-state index in [-0.39, 0.29) is 25.0 Å². The van der Waals surface area contributed by atoms with Gasteiger partial charge in [-0.3, -0.25) is 14.5 Å². The number of amides is 2. The van der Waals surface area contributed by atoms with Gasteiger partial charge in [-0.1, -0.05) is 11.6 Å². The van der Waals surface area contributed by atoms with Gasteiger partial charge in [-0.05, 0) is 25.6 Å². The van der Waals surface area contributed by atoms with Gasteiger partial charge >= 0.3 is 0 Å². The molecular weight excluding hydrogens is 474 g/mol. The number of anilines is 3. The molecule has 186 valence electrons. The zero-order valence-electron chi connectivity index (χ0n) is 19.5. The van der Waals surface area contributed by atoms with Crippen molar-refractivity contribution in [2.75, 3.05) is 62.9 Å². The summed E-state index contributed by atoms with van der Waals surface area (Å²) in [4.78, 5) is 37.4. The first kappa shape index (κ1) is 24.7. The van der Waals surface area contributed by atoms with E-state index in [1.54, 1.807) is 48.3 Å². The van der Waals surface area contributed by atoms with E-state index >= 15 is 0 Å². The molecule has 0 unspecified atom stereocenters. The summed E-state index contributed by atoms with van der Waals surface area (Å²) in [6, 6.07) is 4.50. The number of hydrogen-bond donors (Lipinski definition) is 4. The summed E-state index contributed by atoms with van der Waals surface area (Å²) in [5.74, 6) is 0.914. The third-order valence-electron chi connectivity index (χ3n) is 5.94. The highest BCUT2D eigenvalue weighted by molar-refractivity contribution is 6.33. The number of aliphatic hydroxyl groups is 1. The first-order valence-electron chi connectivity index (χ1n) is 11.2. The van der Waals surface area contributed by atoms with Crippen LogP contribution in [0.5, 0.6) is 5.75 Å². The van der Waals surface area contributed by atoms with Crippen molar-refractivity contribution in [2.24, 2.45) is 0 Å². The van der Waals surface area contributed by atoms with E-state index in [0.717, 1.165) is 0 Å². The van der Waals surface area contributed by atoms with Crippen molar-refractivity contribution in [3.63, 3.8) is 0 Å². The van der Waals surface area contributed by atoms with Gasteiger partial charge in [0.15, 0.2) is 0 Å². The third kappa shape index (κ3) is 5.47. The molecule has 2 aliphatic heterocycles. The molecule has 0 fully saturated rings. The molecule has 4 rings (SSSR count). The zero-order valence-corrected chi connectivity index (χ0v) is 20.3. The van der Waals surface area contributed by atoms with E-state index in [4.69, 9.17) is 16.3 Å². The maximum Gasteiger partial charge on any atom is 0.259 e. The molecule has 2 aliphatic rings. The van der Waals surface area contributed by atoms with E-state index in [2.05, 4.69) is 25.9 Å². The summed E-state index contributed by atoms with van der Waals surface area (Å²) in [6.45, 7) is 1.35. The highest BCUT2D eigenvalue weighted by Gasteiger charge is 2.29. The second kappa shape index (κ2) is 10.9. The minimum atomic E-state index is -0.684. The van der Waals surface area contributed by atoms with Gasteiger partial charge < -0.3 is 30.7 Å². The average molecular weight is 502 g/mol. The number of rotatable bonds is 1. The molecule has 1 atom stereocenters. The van der Waals surface area contributed by atoms with Crippen LogP contribution in [0.2, 0.25) is 5.02 Å². The van der Waals surface area contributed by atoms with Gasteiger partial charge in [0.25, 0.3) is 5.91 Å².